The van der Waals surface area contributed by atoms with Gasteiger partial charge in [0.05, 0.1) is 0 Å². The van der Waals surface area contributed by atoms with Gasteiger partial charge in [0.25, 0.3) is 0 Å². The molecule has 0 aromatic carbocycles. The zero-order chi connectivity index (χ0) is 7.70. The molecule has 0 rings (SSSR count). The van der Waals surface area contributed by atoms with E-state index in [0.717, 1.165) is 0 Å². The molecule has 0 bridgehead atoms. The number of hydrogen-bond acceptors (Lipinski definition) is 1. The number of rotatable bonds is 1. The molecule has 0 fully saturated rings. The van der Waals surface area contributed by atoms with Crippen LogP contribution in [0.1, 0.15) is 27.7 Å². The Hall–Kier alpha value is -1.04. The summed E-state index contributed by atoms with van der Waals surface area (Å²) in [6.45, 7) is 10.1. The average molecular weight is 145 g/mol. The average Bonchev–Trinajstić information content (AvgIpc) is 1.89. The summed E-state index contributed by atoms with van der Waals surface area (Å²) < 4.78 is 0. The maximum atomic E-state index is 9.37. The summed E-state index contributed by atoms with van der Waals surface area (Å²) in [5.41, 5.74) is 0. The molecule has 0 aromatic heterocycles. The van der Waals surface area contributed by atoms with E-state index in [-0.39, 0.29) is 13.8 Å². The van der Waals surface area contributed by atoms with E-state index in [1.54, 1.807) is 6.92 Å². The fourth-order valence-corrected chi connectivity index (χ4v) is 0. The van der Waals surface area contributed by atoms with E-state index in [2.05, 4.69) is 4.85 Å². The molecule has 0 spiro atoms. The van der Waals surface area contributed by atoms with Crippen LogP contribution in [0.5, 0.6) is 0 Å². The molecule has 0 aliphatic heterocycles. The van der Waals surface area contributed by atoms with Gasteiger partial charge < -0.3 is 9.95 Å². The van der Waals surface area contributed by atoms with Crippen LogP contribution in [-0.2, 0) is 4.79 Å². The molecular weight excluding hydrogens is 130 g/mol. The van der Waals surface area contributed by atoms with Crippen LogP contribution in [0.15, 0.2) is 0 Å². The highest BCUT2D eigenvalue weighted by Gasteiger charge is 1.80. The summed E-state index contributed by atoms with van der Waals surface area (Å²) in [6.07, 6.45) is 0.222. The Labute approximate surface area is 62.5 Å². The Morgan fingerprint density at radius 3 is 1.80 bits per heavy atom. The predicted molar refractivity (Wildman–Crippen MR) is 41.8 cm³/mol. The number of carbonyl (C=O) groups is 1. The van der Waals surface area contributed by atoms with Crippen molar-refractivity contribution in [3.63, 3.8) is 0 Å². The first-order chi connectivity index (χ1) is 4.18. The van der Waals surface area contributed by atoms with Gasteiger partial charge in [-0.1, -0.05) is 14.4 Å². The lowest BCUT2D eigenvalue weighted by Gasteiger charge is -1.71. The molecule has 0 atom stereocenters. The molecule has 0 unspecified atom stereocenters. The largest absolute Gasteiger partial charge is 0.481 e. The number of aliphatic carboxylic acids is 1. The minimum absolute atomic E-state index is 0. The van der Waals surface area contributed by atoms with Crippen LogP contribution in [-0.4, -0.2) is 17.6 Å². The monoisotopic (exact) mass is 145 g/mol. The van der Waals surface area contributed by atoms with Crippen LogP contribution >= 0.6 is 0 Å². The maximum absolute atomic E-state index is 9.37. The Kier molecular flexibility index (Phi) is 25.1. The molecule has 3 heteroatoms. The lowest BCUT2D eigenvalue weighted by atomic mass is 10.5. The van der Waals surface area contributed by atoms with E-state index >= 15 is 0 Å². The van der Waals surface area contributed by atoms with Crippen molar-refractivity contribution >= 4 is 5.97 Å². The van der Waals surface area contributed by atoms with Crippen molar-refractivity contribution in [3.05, 3.63) is 11.4 Å². The molecule has 0 saturated heterocycles. The molecule has 60 valence electrons. The molecule has 1 N–H and O–H groups in total. The number of carboxylic acids is 1. The Morgan fingerprint density at radius 2 is 1.80 bits per heavy atom. The molecule has 10 heavy (non-hydrogen) atoms. The third-order valence-corrected chi connectivity index (χ3v) is 0.461. The van der Waals surface area contributed by atoms with Gasteiger partial charge in [0.15, 0.2) is 0 Å². The van der Waals surface area contributed by atoms with Gasteiger partial charge in [0.2, 0.25) is 6.54 Å². The van der Waals surface area contributed by atoms with Gasteiger partial charge >= 0.3 is 5.97 Å². The minimum Gasteiger partial charge on any atom is -0.481 e. The van der Waals surface area contributed by atoms with Gasteiger partial charge in [-0.25, -0.2) is 6.57 Å². The van der Waals surface area contributed by atoms with Gasteiger partial charge in [-0.15, -0.1) is 0 Å². The molecule has 0 aliphatic carbocycles. The molecule has 0 heterocycles. The normalized spacial score (nSPS) is 5.70. The summed E-state index contributed by atoms with van der Waals surface area (Å²) in [5.74, 6) is -0.745. The van der Waals surface area contributed by atoms with Crippen molar-refractivity contribution in [1.29, 1.82) is 0 Å². The molecular formula is C7H15NO2. The number of carboxylic acid groups (broad SMARTS) is 1. The Balaban J connectivity index is -0.0000000910. The van der Waals surface area contributed by atoms with E-state index in [9.17, 15) is 4.79 Å². The van der Waals surface area contributed by atoms with Crippen LogP contribution in [0.3, 0.4) is 0 Å². The third-order valence-electron chi connectivity index (χ3n) is 0.461. The maximum Gasteiger partial charge on any atom is 0.303 e. The fraction of sp³-hybridized carbons (Fsp3) is 0.714. The van der Waals surface area contributed by atoms with Crippen molar-refractivity contribution in [2.75, 3.05) is 6.54 Å². The first-order valence-corrected chi connectivity index (χ1v) is 2.74. The summed E-state index contributed by atoms with van der Waals surface area (Å²) in [7, 11) is 0. The van der Waals surface area contributed by atoms with Gasteiger partial charge in [-0.2, -0.15) is 0 Å². The topological polar surface area (TPSA) is 41.7 Å². The highest BCUT2D eigenvalue weighted by molar-refractivity contribution is 5.66. The van der Waals surface area contributed by atoms with Crippen molar-refractivity contribution in [2.45, 2.75) is 27.7 Å². The van der Waals surface area contributed by atoms with Gasteiger partial charge in [0.1, 0.15) is 0 Å². The molecule has 0 aromatic rings. The van der Waals surface area contributed by atoms with E-state index in [4.69, 9.17) is 11.7 Å². The molecule has 3 nitrogen and oxygen atoms in total. The molecule has 0 saturated carbocycles. The van der Waals surface area contributed by atoms with Crippen molar-refractivity contribution < 1.29 is 9.90 Å². The SMILES string of the molecule is C.CCC(=O)O.[C-]#[N+]CC. The first kappa shape index (κ1) is 16.0. The van der Waals surface area contributed by atoms with Gasteiger partial charge in [-0.05, 0) is 0 Å². The quantitative estimate of drug-likeness (QED) is 0.574. The fourth-order valence-electron chi connectivity index (χ4n) is 0. The van der Waals surface area contributed by atoms with E-state index in [1.807, 2.05) is 6.92 Å². The van der Waals surface area contributed by atoms with Crippen molar-refractivity contribution in [2.24, 2.45) is 0 Å². The summed E-state index contributed by atoms with van der Waals surface area (Å²) in [6, 6.07) is 0. The third kappa shape index (κ3) is 64.4. The second-order valence-corrected chi connectivity index (χ2v) is 1.22. The van der Waals surface area contributed by atoms with Gasteiger partial charge in [-0.3, -0.25) is 4.79 Å². The Bertz CT molecular complexity index is 105. The standard InChI is InChI=1S/C3H5N.C3H6O2.CH4/c1-3-4-2;1-2-3(4)5;/h3H2,1H3;2H2,1H3,(H,4,5);1H4. The molecule has 0 amide bonds. The van der Waals surface area contributed by atoms with Crippen molar-refractivity contribution in [1.82, 2.24) is 0 Å². The van der Waals surface area contributed by atoms with Crippen LogP contribution in [0.25, 0.3) is 4.85 Å². The van der Waals surface area contributed by atoms with Crippen LogP contribution < -0.4 is 0 Å². The zero-order valence-corrected chi connectivity index (χ0v) is 5.72. The number of hydrogen-bond donors (Lipinski definition) is 1. The summed E-state index contributed by atoms with van der Waals surface area (Å²) in [5, 5.41) is 7.72. The Morgan fingerprint density at radius 1 is 1.60 bits per heavy atom. The zero-order valence-electron chi connectivity index (χ0n) is 5.72. The highest BCUT2D eigenvalue weighted by Crippen LogP contribution is 1.67. The lowest BCUT2D eigenvalue weighted by molar-refractivity contribution is -0.136. The van der Waals surface area contributed by atoms with E-state index in [1.165, 1.54) is 0 Å². The van der Waals surface area contributed by atoms with Gasteiger partial charge in [0, 0.05) is 13.3 Å². The summed E-state index contributed by atoms with van der Waals surface area (Å²) in [4.78, 5) is 12.4. The van der Waals surface area contributed by atoms with Crippen LogP contribution in [0, 0.1) is 6.57 Å². The lowest BCUT2D eigenvalue weighted by Crippen LogP contribution is -1.86. The summed E-state index contributed by atoms with van der Waals surface area (Å²) >= 11 is 0. The van der Waals surface area contributed by atoms with Crippen LogP contribution in [0.2, 0.25) is 0 Å². The van der Waals surface area contributed by atoms with Crippen LogP contribution in [0.4, 0.5) is 0 Å². The highest BCUT2D eigenvalue weighted by atomic mass is 16.4. The number of nitrogens with zero attached hydrogens (tertiary/aromatic N) is 1. The van der Waals surface area contributed by atoms with E-state index < -0.39 is 5.97 Å². The second kappa shape index (κ2) is 15.7. The van der Waals surface area contributed by atoms with E-state index in [0.29, 0.717) is 6.54 Å². The minimum atomic E-state index is -0.745. The smallest absolute Gasteiger partial charge is 0.303 e. The second-order valence-electron chi connectivity index (χ2n) is 1.22. The molecule has 0 aliphatic rings. The van der Waals surface area contributed by atoms with Crippen molar-refractivity contribution in [3.8, 4) is 0 Å². The molecule has 0 radical (unpaired) electrons. The predicted octanol–water partition coefficient (Wildman–Crippen LogP) is 2.04. The first-order valence-electron chi connectivity index (χ1n) is 2.74.